The number of hydrogen-bond donors (Lipinski definition) is 2. The Morgan fingerprint density at radius 3 is 2.23 bits per heavy atom. The fraction of sp³-hybridized carbons (Fsp3) is 1.00. The molecule has 1 unspecified atom stereocenters. The predicted molar refractivity (Wildman–Crippen MR) is 57.9 cm³/mol. The first kappa shape index (κ1) is 11.0. The molecule has 0 bridgehead atoms. The van der Waals surface area contributed by atoms with Gasteiger partial charge in [-0.1, -0.05) is 0 Å². The Labute approximate surface area is 82.5 Å². The topological polar surface area (TPSA) is 24.1 Å². The van der Waals surface area contributed by atoms with E-state index in [4.69, 9.17) is 0 Å². The van der Waals surface area contributed by atoms with E-state index in [0.717, 1.165) is 5.92 Å². The van der Waals surface area contributed by atoms with Gasteiger partial charge in [0.05, 0.1) is 0 Å². The molecular weight excluding hydrogens is 160 g/mol. The van der Waals surface area contributed by atoms with Gasteiger partial charge in [-0.05, 0) is 59.5 Å². The molecule has 1 fully saturated rings. The summed E-state index contributed by atoms with van der Waals surface area (Å²) in [6.45, 7) is 11.4. The van der Waals surface area contributed by atoms with Crippen LogP contribution in [0.25, 0.3) is 0 Å². The maximum absolute atomic E-state index is 3.66. The highest BCUT2D eigenvalue weighted by Gasteiger charge is 2.22. The zero-order chi connectivity index (χ0) is 9.90. The third-order valence-corrected chi connectivity index (χ3v) is 2.75. The van der Waals surface area contributed by atoms with Crippen LogP contribution in [0.3, 0.4) is 0 Å². The van der Waals surface area contributed by atoms with E-state index in [1.54, 1.807) is 0 Å². The van der Waals surface area contributed by atoms with Crippen LogP contribution in [-0.2, 0) is 0 Å². The second-order valence-electron chi connectivity index (χ2n) is 5.27. The molecule has 0 saturated carbocycles. The highest BCUT2D eigenvalue weighted by molar-refractivity contribution is 4.82. The van der Waals surface area contributed by atoms with Crippen molar-refractivity contribution < 1.29 is 0 Å². The van der Waals surface area contributed by atoms with Crippen molar-refractivity contribution in [3.05, 3.63) is 0 Å². The summed E-state index contributed by atoms with van der Waals surface area (Å²) in [6.07, 6.45) is 2.65. The molecule has 0 amide bonds. The smallest absolute Gasteiger partial charge is 0.00990 e. The normalized spacial score (nSPS) is 23.1. The first-order valence-electron chi connectivity index (χ1n) is 5.47. The second-order valence-corrected chi connectivity index (χ2v) is 5.27. The molecule has 1 atom stereocenters. The lowest BCUT2D eigenvalue weighted by molar-refractivity contribution is 0.249. The molecule has 0 aromatic carbocycles. The average molecular weight is 184 g/mol. The van der Waals surface area contributed by atoms with Gasteiger partial charge in [0.2, 0.25) is 0 Å². The minimum Gasteiger partial charge on any atom is -0.317 e. The molecule has 1 rings (SSSR count). The van der Waals surface area contributed by atoms with Crippen LogP contribution >= 0.6 is 0 Å². The van der Waals surface area contributed by atoms with Gasteiger partial charge in [-0.25, -0.2) is 0 Å². The molecule has 1 heterocycles. The lowest BCUT2D eigenvalue weighted by Gasteiger charge is -2.34. The molecular formula is C11H24N2. The quantitative estimate of drug-likeness (QED) is 0.683. The van der Waals surface area contributed by atoms with Crippen molar-refractivity contribution in [1.82, 2.24) is 10.6 Å². The van der Waals surface area contributed by atoms with E-state index in [9.17, 15) is 0 Å². The molecule has 0 aromatic rings. The van der Waals surface area contributed by atoms with Gasteiger partial charge in [-0.2, -0.15) is 0 Å². The summed E-state index contributed by atoms with van der Waals surface area (Å²) >= 11 is 0. The van der Waals surface area contributed by atoms with E-state index >= 15 is 0 Å². The van der Waals surface area contributed by atoms with Gasteiger partial charge in [-0.3, -0.25) is 0 Å². The molecule has 1 saturated heterocycles. The van der Waals surface area contributed by atoms with Gasteiger partial charge >= 0.3 is 0 Å². The van der Waals surface area contributed by atoms with Crippen LogP contribution < -0.4 is 10.6 Å². The van der Waals surface area contributed by atoms with Crippen LogP contribution in [0.5, 0.6) is 0 Å². The van der Waals surface area contributed by atoms with Crippen molar-refractivity contribution >= 4 is 0 Å². The molecule has 0 spiro atoms. The SMILES string of the molecule is CC(NC(C)(C)C)C1CCNCC1. The van der Waals surface area contributed by atoms with Crippen LogP contribution in [0.1, 0.15) is 40.5 Å². The molecule has 2 N–H and O–H groups in total. The van der Waals surface area contributed by atoms with Crippen LogP contribution in [0.2, 0.25) is 0 Å². The molecule has 1 aliphatic heterocycles. The molecule has 1 aliphatic rings. The van der Waals surface area contributed by atoms with Crippen molar-refractivity contribution in [2.75, 3.05) is 13.1 Å². The molecule has 13 heavy (non-hydrogen) atoms. The minimum absolute atomic E-state index is 0.254. The first-order valence-corrected chi connectivity index (χ1v) is 5.47. The van der Waals surface area contributed by atoms with Crippen LogP contribution in [-0.4, -0.2) is 24.7 Å². The van der Waals surface area contributed by atoms with Gasteiger partial charge in [0.15, 0.2) is 0 Å². The van der Waals surface area contributed by atoms with Crippen molar-refractivity contribution in [2.45, 2.75) is 52.1 Å². The number of hydrogen-bond acceptors (Lipinski definition) is 2. The lowest BCUT2D eigenvalue weighted by atomic mass is 9.90. The average Bonchev–Trinajstić information content (AvgIpc) is 2.03. The van der Waals surface area contributed by atoms with Crippen LogP contribution in [0, 0.1) is 5.92 Å². The van der Waals surface area contributed by atoms with E-state index in [0.29, 0.717) is 6.04 Å². The molecule has 2 heteroatoms. The third-order valence-electron chi connectivity index (χ3n) is 2.75. The molecule has 0 aliphatic carbocycles. The summed E-state index contributed by atoms with van der Waals surface area (Å²) in [6, 6.07) is 0.655. The number of rotatable bonds is 2. The zero-order valence-corrected chi connectivity index (χ0v) is 9.48. The largest absolute Gasteiger partial charge is 0.317 e. The van der Waals surface area contributed by atoms with Crippen molar-refractivity contribution in [1.29, 1.82) is 0 Å². The highest BCUT2D eigenvalue weighted by Crippen LogP contribution is 2.17. The Balaban J connectivity index is 2.33. The lowest BCUT2D eigenvalue weighted by Crippen LogP contribution is -2.48. The Morgan fingerprint density at radius 2 is 1.77 bits per heavy atom. The van der Waals surface area contributed by atoms with Gasteiger partial charge < -0.3 is 10.6 Å². The summed E-state index contributed by atoms with van der Waals surface area (Å²) in [7, 11) is 0. The number of piperidine rings is 1. The van der Waals surface area contributed by atoms with E-state index in [2.05, 4.69) is 38.3 Å². The summed E-state index contributed by atoms with van der Waals surface area (Å²) in [4.78, 5) is 0. The van der Waals surface area contributed by atoms with Crippen molar-refractivity contribution in [3.8, 4) is 0 Å². The Hall–Kier alpha value is -0.0800. The molecule has 78 valence electrons. The molecule has 0 radical (unpaired) electrons. The number of nitrogens with one attached hydrogen (secondary N) is 2. The fourth-order valence-electron chi connectivity index (χ4n) is 2.15. The Morgan fingerprint density at radius 1 is 1.23 bits per heavy atom. The highest BCUT2D eigenvalue weighted by atomic mass is 15.0. The van der Waals surface area contributed by atoms with E-state index in [-0.39, 0.29) is 5.54 Å². The summed E-state index contributed by atoms with van der Waals surface area (Å²) in [5.74, 6) is 0.862. The molecule has 0 aromatic heterocycles. The van der Waals surface area contributed by atoms with Crippen LogP contribution in [0.15, 0.2) is 0 Å². The summed E-state index contributed by atoms with van der Waals surface area (Å²) in [5, 5.41) is 7.07. The minimum atomic E-state index is 0.254. The zero-order valence-electron chi connectivity index (χ0n) is 9.48. The van der Waals surface area contributed by atoms with E-state index < -0.39 is 0 Å². The van der Waals surface area contributed by atoms with Crippen molar-refractivity contribution in [3.63, 3.8) is 0 Å². The fourth-order valence-corrected chi connectivity index (χ4v) is 2.15. The van der Waals surface area contributed by atoms with Gasteiger partial charge in [-0.15, -0.1) is 0 Å². The predicted octanol–water partition coefficient (Wildman–Crippen LogP) is 1.76. The summed E-state index contributed by atoms with van der Waals surface area (Å²) < 4.78 is 0. The monoisotopic (exact) mass is 184 g/mol. The maximum atomic E-state index is 3.66. The van der Waals surface area contributed by atoms with Gasteiger partial charge in [0.1, 0.15) is 0 Å². The van der Waals surface area contributed by atoms with Crippen molar-refractivity contribution in [2.24, 2.45) is 5.92 Å². The molecule has 2 nitrogen and oxygen atoms in total. The third kappa shape index (κ3) is 4.10. The van der Waals surface area contributed by atoms with E-state index in [1.807, 2.05) is 0 Å². The Bertz CT molecular complexity index is 143. The van der Waals surface area contributed by atoms with Crippen LogP contribution in [0.4, 0.5) is 0 Å². The van der Waals surface area contributed by atoms with Gasteiger partial charge in [0.25, 0.3) is 0 Å². The first-order chi connectivity index (χ1) is 5.99. The maximum Gasteiger partial charge on any atom is 0.00990 e. The van der Waals surface area contributed by atoms with Gasteiger partial charge in [0, 0.05) is 11.6 Å². The summed E-state index contributed by atoms with van der Waals surface area (Å²) in [5.41, 5.74) is 0.254. The van der Waals surface area contributed by atoms with E-state index in [1.165, 1.54) is 25.9 Å². The standard InChI is InChI=1S/C11H24N2/c1-9(13-11(2,3)4)10-5-7-12-8-6-10/h9-10,12-13H,5-8H2,1-4H3. The Kier molecular flexibility index (Phi) is 3.74. The second kappa shape index (κ2) is 4.43.